The minimum absolute atomic E-state index is 0.0284. The third kappa shape index (κ3) is 6.20. The average molecular weight is 397 g/mol. The van der Waals surface area contributed by atoms with Crippen molar-refractivity contribution in [3.8, 4) is 5.75 Å². The molecular formula is C18H18Cl2N2O4. The standard InChI is InChI=1S/C18H18Cl2N2O4/c1-11-3-4-12(2)15(7-11)25-6-5-17(24)26-10-16(23)22-18-14(20)8-13(19)9-21-18/h3-4,7-9H,5-6,10H2,1-2H3,(H,21,22,23). The maximum absolute atomic E-state index is 11.8. The summed E-state index contributed by atoms with van der Waals surface area (Å²) in [6.45, 7) is 3.60. The minimum atomic E-state index is -0.550. The maximum atomic E-state index is 11.8. The summed E-state index contributed by atoms with van der Waals surface area (Å²) in [5, 5.41) is 2.98. The van der Waals surface area contributed by atoms with Gasteiger partial charge in [0.2, 0.25) is 0 Å². The first-order valence-electron chi connectivity index (χ1n) is 7.81. The van der Waals surface area contributed by atoms with Crippen LogP contribution in [-0.4, -0.2) is 30.1 Å². The first-order valence-corrected chi connectivity index (χ1v) is 8.57. The average Bonchev–Trinajstić information content (AvgIpc) is 2.58. The van der Waals surface area contributed by atoms with E-state index >= 15 is 0 Å². The zero-order valence-electron chi connectivity index (χ0n) is 14.3. The van der Waals surface area contributed by atoms with Gasteiger partial charge in [-0.3, -0.25) is 9.59 Å². The number of hydrogen-bond donors (Lipinski definition) is 1. The van der Waals surface area contributed by atoms with E-state index in [-0.39, 0.29) is 23.9 Å². The molecule has 0 aliphatic rings. The molecule has 0 radical (unpaired) electrons. The number of carbonyl (C=O) groups is 2. The van der Waals surface area contributed by atoms with Crippen LogP contribution in [0.15, 0.2) is 30.5 Å². The van der Waals surface area contributed by atoms with Crippen LogP contribution in [0.2, 0.25) is 10.0 Å². The van der Waals surface area contributed by atoms with Crippen LogP contribution in [0.4, 0.5) is 5.82 Å². The molecule has 0 aliphatic heterocycles. The normalized spacial score (nSPS) is 10.3. The SMILES string of the molecule is Cc1ccc(C)c(OCCC(=O)OCC(=O)Nc2ncc(Cl)cc2Cl)c1. The highest BCUT2D eigenvalue weighted by molar-refractivity contribution is 6.36. The first-order chi connectivity index (χ1) is 12.3. The Bertz CT molecular complexity index is 812. The molecule has 1 aromatic heterocycles. The van der Waals surface area contributed by atoms with Crippen LogP contribution in [0.25, 0.3) is 0 Å². The number of halogens is 2. The van der Waals surface area contributed by atoms with Gasteiger partial charge in [0.25, 0.3) is 5.91 Å². The van der Waals surface area contributed by atoms with Gasteiger partial charge in [-0.15, -0.1) is 0 Å². The van der Waals surface area contributed by atoms with E-state index < -0.39 is 18.5 Å². The Morgan fingerprint density at radius 3 is 2.69 bits per heavy atom. The summed E-state index contributed by atoms with van der Waals surface area (Å²) in [6, 6.07) is 7.28. The number of nitrogens with zero attached hydrogens (tertiary/aromatic N) is 1. The fourth-order valence-electron chi connectivity index (χ4n) is 2.00. The van der Waals surface area contributed by atoms with Gasteiger partial charge in [-0.05, 0) is 37.1 Å². The Labute approximate surface area is 161 Å². The molecule has 1 amide bonds. The predicted molar refractivity (Wildman–Crippen MR) is 99.9 cm³/mol. The third-order valence-electron chi connectivity index (χ3n) is 3.34. The molecule has 0 atom stereocenters. The Morgan fingerprint density at radius 2 is 1.96 bits per heavy atom. The number of esters is 1. The highest BCUT2D eigenvalue weighted by Gasteiger charge is 2.11. The van der Waals surface area contributed by atoms with Crippen LogP contribution in [0.5, 0.6) is 5.75 Å². The molecule has 138 valence electrons. The van der Waals surface area contributed by atoms with E-state index in [1.807, 2.05) is 32.0 Å². The summed E-state index contributed by atoms with van der Waals surface area (Å²) in [6.07, 6.45) is 1.38. The molecule has 6 nitrogen and oxygen atoms in total. The summed E-state index contributed by atoms with van der Waals surface area (Å²) in [5.74, 6) is -0.222. The number of hydrogen-bond acceptors (Lipinski definition) is 5. The fourth-order valence-corrected chi connectivity index (χ4v) is 2.43. The van der Waals surface area contributed by atoms with Gasteiger partial charge in [-0.1, -0.05) is 35.3 Å². The largest absolute Gasteiger partial charge is 0.493 e. The Morgan fingerprint density at radius 1 is 1.19 bits per heavy atom. The second-order valence-corrected chi connectivity index (χ2v) is 6.40. The predicted octanol–water partition coefficient (Wildman–Crippen LogP) is 3.96. The second-order valence-electron chi connectivity index (χ2n) is 5.56. The minimum Gasteiger partial charge on any atom is -0.493 e. The van der Waals surface area contributed by atoms with Gasteiger partial charge in [0, 0.05) is 6.20 Å². The van der Waals surface area contributed by atoms with E-state index in [9.17, 15) is 9.59 Å². The van der Waals surface area contributed by atoms with Crippen molar-refractivity contribution in [2.24, 2.45) is 0 Å². The van der Waals surface area contributed by atoms with Gasteiger partial charge >= 0.3 is 5.97 Å². The van der Waals surface area contributed by atoms with Crippen LogP contribution in [0, 0.1) is 13.8 Å². The lowest BCUT2D eigenvalue weighted by molar-refractivity contribution is -0.147. The van der Waals surface area contributed by atoms with Gasteiger partial charge in [0.05, 0.1) is 23.1 Å². The Kier molecular flexibility index (Phi) is 7.24. The summed E-state index contributed by atoms with van der Waals surface area (Å²) >= 11 is 11.6. The van der Waals surface area contributed by atoms with E-state index in [4.69, 9.17) is 32.7 Å². The summed E-state index contributed by atoms with van der Waals surface area (Å²) in [4.78, 5) is 27.4. The van der Waals surface area contributed by atoms with Crippen LogP contribution in [-0.2, 0) is 14.3 Å². The first kappa shape index (κ1) is 20.0. The molecule has 0 spiro atoms. The Balaban J connectivity index is 1.72. The van der Waals surface area contributed by atoms with Crippen molar-refractivity contribution in [1.29, 1.82) is 0 Å². The van der Waals surface area contributed by atoms with Gasteiger partial charge in [-0.2, -0.15) is 0 Å². The molecule has 26 heavy (non-hydrogen) atoms. The van der Waals surface area contributed by atoms with Crippen LogP contribution >= 0.6 is 23.2 Å². The number of benzene rings is 1. The second kappa shape index (κ2) is 9.40. The zero-order valence-corrected chi connectivity index (χ0v) is 15.9. The summed E-state index contributed by atoms with van der Waals surface area (Å²) in [7, 11) is 0. The maximum Gasteiger partial charge on any atom is 0.309 e. The third-order valence-corrected chi connectivity index (χ3v) is 3.83. The molecule has 0 aliphatic carbocycles. The highest BCUT2D eigenvalue weighted by atomic mass is 35.5. The lowest BCUT2D eigenvalue weighted by Crippen LogP contribution is -2.22. The van der Waals surface area contributed by atoms with Crippen molar-refractivity contribution < 1.29 is 19.1 Å². The molecule has 8 heteroatoms. The van der Waals surface area contributed by atoms with Crippen molar-refractivity contribution in [2.75, 3.05) is 18.5 Å². The van der Waals surface area contributed by atoms with Crippen molar-refractivity contribution in [1.82, 2.24) is 4.98 Å². The van der Waals surface area contributed by atoms with Crippen LogP contribution < -0.4 is 10.1 Å². The molecule has 0 saturated heterocycles. The molecule has 2 rings (SSSR count). The highest BCUT2D eigenvalue weighted by Crippen LogP contribution is 2.22. The summed E-state index contributed by atoms with van der Waals surface area (Å²) < 4.78 is 10.5. The van der Waals surface area contributed by atoms with E-state index in [1.54, 1.807) is 0 Å². The van der Waals surface area contributed by atoms with Crippen molar-refractivity contribution in [3.63, 3.8) is 0 Å². The number of carbonyl (C=O) groups excluding carboxylic acids is 2. The quantitative estimate of drug-likeness (QED) is 0.716. The molecule has 2 aromatic rings. The number of anilines is 1. The van der Waals surface area contributed by atoms with Crippen LogP contribution in [0.3, 0.4) is 0 Å². The number of ether oxygens (including phenoxy) is 2. The summed E-state index contributed by atoms with van der Waals surface area (Å²) in [5.41, 5.74) is 2.05. The smallest absolute Gasteiger partial charge is 0.309 e. The zero-order chi connectivity index (χ0) is 19.1. The van der Waals surface area contributed by atoms with Gasteiger partial charge < -0.3 is 14.8 Å². The lowest BCUT2D eigenvalue weighted by Gasteiger charge is -2.10. The number of aromatic nitrogens is 1. The van der Waals surface area contributed by atoms with E-state index in [2.05, 4.69) is 10.3 Å². The van der Waals surface area contributed by atoms with Crippen molar-refractivity contribution in [2.45, 2.75) is 20.3 Å². The van der Waals surface area contributed by atoms with Crippen molar-refractivity contribution >= 4 is 40.9 Å². The Hall–Kier alpha value is -2.31. The number of nitrogens with one attached hydrogen (secondary N) is 1. The van der Waals surface area contributed by atoms with Crippen molar-refractivity contribution in [3.05, 3.63) is 51.6 Å². The number of rotatable bonds is 7. The molecule has 1 heterocycles. The fraction of sp³-hybridized carbons (Fsp3) is 0.278. The van der Waals surface area contributed by atoms with E-state index in [0.29, 0.717) is 5.02 Å². The number of amides is 1. The molecular weight excluding hydrogens is 379 g/mol. The monoisotopic (exact) mass is 396 g/mol. The van der Waals surface area contributed by atoms with Gasteiger partial charge in [-0.25, -0.2) is 4.98 Å². The molecule has 0 bridgehead atoms. The molecule has 1 aromatic carbocycles. The molecule has 1 N–H and O–H groups in total. The molecule has 0 saturated carbocycles. The molecule has 0 unspecified atom stereocenters. The number of aryl methyl sites for hydroxylation is 2. The molecule has 0 fully saturated rings. The van der Waals surface area contributed by atoms with E-state index in [1.165, 1.54) is 12.3 Å². The number of pyridine rings is 1. The topological polar surface area (TPSA) is 77.5 Å². The van der Waals surface area contributed by atoms with Gasteiger partial charge in [0.1, 0.15) is 5.75 Å². The van der Waals surface area contributed by atoms with Crippen LogP contribution in [0.1, 0.15) is 17.5 Å². The lowest BCUT2D eigenvalue weighted by atomic mass is 10.1. The van der Waals surface area contributed by atoms with E-state index in [0.717, 1.165) is 16.9 Å². The van der Waals surface area contributed by atoms with Gasteiger partial charge in [0.15, 0.2) is 12.4 Å².